The van der Waals surface area contributed by atoms with Gasteiger partial charge in [-0.05, 0) is 31.6 Å². The highest BCUT2D eigenvalue weighted by molar-refractivity contribution is 7.92. The maximum absolute atomic E-state index is 12.7. The first kappa shape index (κ1) is 13.2. The van der Waals surface area contributed by atoms with Gasteiger partial charge in [-0.1, -0.05) is 0 Å². The van der Waals surface area contributed by atoms with Gasteiger partial charge in [0.2, 0.25) is 5.92 Å². The van der Waals surface area contributed by atoms with Crippen LogP contribution in [-0.2, 0) is 9.84 Å². The Labute approximate surface area is 101 Å². The van der Waals surface area contributed by atoms with Crippen LogP contribution in [0.5, 0.6) is 0 Å². The van der Waals surface area contributed by atoms with Gasteiger partial charge in [0.05, 0.1) is 11.0 Å². The van der Waals surface area contributed by atoms with E-state index in [1.54, 1.807) is 6.92 Å². The molecule has 2 aliphatic carbocycles. The summed E-state index contributed by atoms with van der Waals surface area (Å²) in [6.07, 6.45) is 0.925. The zero-order chi connectivity index (χ0) is 12.8. The lowest BCUT2D eigenvalue weighted by atomic mass is 9.79. The summed E-state index contributed by atoms with van der Waals surface area (Å²) in [5.74, 6) is -2.77. The van der Waals surface area contributed by atoms with E-state index >= 15 is 0 Å². The molecule has 0 aromatic carbocycles. The fourth-order valence-corrected chi connectivity index (χ4v) is 4.75. The Morgan fingerprint density at radius 2 is 1.88 bits per heavy atom. The van der Waals surface area contributed by atoms with Crippen molar-refractivity contribution in [3.63, 3.8) is 0 Å². The fraction of sp³-hybridized carbons (Fsp3) is 1.00. The number of nitrogens with two attached hydrogens (primary N) is 1. The van der Waals surface area contributed by atoms with E-state index in [9.17, 15) is 17.2 Å². The summed E-state index contributed by atoms with van der Waals surface area (Å²) in [4.78, 5) is 0. The van der Waals surface area contributed by atoms with Crippen LogP contribution in [0.25, 0.3) is 0 Å². The number of hydrogen-bond acceptors (Lipinski definition) is 3. The Hall–Kier alpha value is -0.230. The number of hydrogen-bond donors (Lipinski definition) is 1. The van der Waals surface area contributed by atoms with Crippen molar-refractivity contribution >= 4 is 9.84 Å². The van der Waals surface area contributed by atoms with Crippen molar-refractivity contribution in [2.75, 3.05) is 5.75 Å². The number of sulfone groups is 1. The van der Waals surface area contributed by atoms with E-state index in [4.69, 9.17) is 5.73 Å². The minimum absolute atomic E-state index is 0.115. The molecule has 17 heavy (non-hydrogen) atoms. The van der Waals surface area contributed by atoms with Crippen molar-refractivity contribution in [2.24, 2.45) is 17.6 Å². The second-order valence-electron chi connectivity index (χ2n) is 5.66. The largest absolute Gasteiger partial charge is 0.328 e. The molecule has 0 heterocycles. The number of halogens is 2. The lowest BCUT2D eigenvalue weighted by molar-refractivity contribution is -0.109. The molecule has 0 aromatic rings. The van der Waals surface area contributed by atoms with Gasteiger partial charge in [-0.3, -0.25) is 0 Å². The van der Waals surface area contributed by atoms with Crippen LogP contribution < -0.4 is 5.73 Å². The van der Waals surface area contributed by atoms with Crippen molar-refractivity contribution in [3.8, 4) is 0 Å². The van der Waals surface area contributed by atoms with Crippen LogP contribution in [0.2, 0.25) is 0 Å². The molecule has 0 bridgehead atoms. The van der Waals surface area contributed by atoms with Gasteiger partial charge >= 0.3 is 0 Å². The van der Waals surface area contributed by atoms with Gasteiger partial charge in [-0.25, -0.2) is 17.2 Å². The monoisotopic (exact) mass is 267 g/mol. The maximum atomic E-state index is 12.7. The van der Waals surface area contributed by atoms with Crippen LogP contribution >= 0.6 is 0 Å². The molecule has 6 heteroatoms. The van der Waals surface area contributed by atoms with Gasteiger partial charge in [0.1, 0.15) is 0 Å². The summed E-state index contributed by atoms with van der Waals surface area (Å²) in [6, 6.07) is 0.124. The molecule has 1 atom stereocenters. The molecule has 3 nitrogen and oxygen atoms in total. The summed E-state index contributed by atoms with van der Waals surface area (Å²) in [7, 11) is -3.24. The van der Waals surface area contributed by atoms with Crippen molar-refractivity contribution in [3.05, 3.63) is 0 Å². The summed E-state index contributed by atoms with van der Waals surface area (Å²) in [6.45, 7) is 1.56. The quantitative estimate of drug-likeness (QED) is 0.841. The molecule has 0 aliphatic heterocycles. The number of alkyl halides is 2. The molecular formula is C11H19F2NO2S. The second kappa shape index (κ2) is 4.16. The van der Waals surface area contributed by atoms with Gasteiger partial charge in [-0.2, -0.15) is 0 Å². The van der Waals surface area contributed by atoms with Crippen LogP contribution in [0.15, 0.2) is 0 Å². The molecule has 2 saturated carbocycles. The third-order valence-corrected chi connectivity index (χ3v) is 6.55. The Bertz CT molecular complexity index is 382. The van der Waals surface area contributed by atoms with Crippen molar-refractivity contribution < 1.29 is 17.2 Å². The van der Waals surface area contributed by atoms with Crippen molar-refractivity contribution in [1.29, 1.82) is 0 Å². The zero-order valence-electron chi connectivity index (χ0n) is 9.90. The highest BCUT2D eigenvalue weighted by Crippen LogP contribution is 2.46. The molecule has 2 N–H and O–H groups in total. The first-order chi connectivity index (χ1) is 7.70. The van der Waals surface area contributed by atoms with Crippen molar-refractivity contribution in [2.45, 2.75) is 49.8 Å². The molecule has 0 aromatic heterocycles. The SMILES string of the molecule is CC(C1CC(F)(F)C1)S(=O)(=O)CC1CC(N)C1. The van der Waals surface area contributed by atoms with Gasteiger partial charge in [0.15, 0.2) is 9.84 Å². The lowest BCUT2D eigenvalue weighted by Gasteiger charge is -2.39. The summed E-state index contributed by atoms with van der Waals surface area (Å²) in [5.41, 5.74) is 5.60. The molecule has 100 valence electrons. The number of rotatable bonds is 4. The van der Waals surface area contributed by atoms with E-state index in [0.717, 1.165) is 12.8 Å². The summed E-state index contributed by atoms with van der Waals surface area (Å²) < 4.78 is 49.4. The van der Waals surface area contributed by atoms with Crippen molar-refractivity contribution in [1.82, 2.24) is 0 Å². The first-order valence-corrected chi connectivity index (χ1v) is 7.76. The fourth-order valence-electron chi connectivity index (χ4n) is 2.74. The molecule has 0 amide bonds. The van der Waals surface area contributed by atoms with E-state index in [2.05, 4.69) is 0 Å². The average Bonchev–Trinajstić information content (AvgIpc) is 2.10. The summed E-state index contributed by atoms with van der Waals surface area (Å²) in [5, 5.41) is -0.640. The standard InChI is InChI=1S/C11H19F2NO2S/c1-7(9-4-11(12,13)5-9)17(15,16)6-8-2-10(14)3-8/h7-10H,2-6,14H2,1H3. The third-order valence-electron chi connectivity index (χ3n) is 4.09. The van der Waals surface area contributed by atoms with Gasteiger partial charge in [0.25, 0.3) is 0 Å². The average molecular weight is 267 g/mol. The van der Waals surface area contributed by atoms with E-state index < -0.39 is 21.0 Å². The van der Waals surface area contributed by atoms with Crippen LogP contribution in [-0.4, -0.2) is 31.4 Å². The van der Waals surface area contributed by atoms with E-state index in [0.29, 0.717) is 0 Å². The maximum Gasteiger partial charge on any atom is 0.248 e. The van der Waals surface area contributed by atoms with E-state index in [1.807, 2.05) is 0 Å². The highest BCUT2D eigenvalue weighted by Gasteiger charge is 2.50. The highest BCUT2D eigenvalue weighted by atomic mass is 32.2. The van der Waals surface area contributed by atoms with Crippen LogP contribution in [0.3, 0.4) is 0 Å². The predicted molar refractivity (Wildman–Crippen MR) is 61.6 cm³/mol. The van der Waals surface area contributed by atoms with Gasteiger partial charge < -0.3 is 5.73 Å². The topological polar surface area (TPSA) is 60.2 Å². The Morgan fingerprint density at radius 3 is 2.29 bits per heavy atom. The molecule has 0 radical (unpaired) electrons. The Kier molecular flexibility index (Phi) is 3.23. The van der Waals surface area contributed by atoms with E-state index in [-0.39, 0.29) is 36.5 Å². The summed E-state index contributed by atoms with van der Waals surface area (Å²) >= 11 is 0. The molecule has 2 fully saturated rings. The second-order valence-corrected chi connectivity index (χ2v) is 8.06. The Morgan fingerprint density at radius 1 is 1.35 bits per heavy atom. The first-order valence-electron chi connectivity index (χ1n) is 6.04. The Balaban J connectivity index is 1.88. The molecule has 0 spiro atoms. The molecule has 0 saturated heterocycles. The lowest BCUT2D eigenvalue weighted by Crippen LogP contribution is -2.46. The normalized spacial score (nSPS) is 34.8. The van der Waals surface area contributed by atoms with Crippen LogP contribution in [0, 0.1) is 11.8 Å². The zero-order valence-corrected chi connectivity index (χ0v) is 10.7. The van der Waals surface area contributed by atoms with Gasteiger partial charge in [0, 0.05) is 18.9 Å². The van der Waals surface area contributed by atoms with E-state index in [1.165, 1.54) is 0 Å². The molecular weight excluding hydrogens is 248 g/mol. The molecule has 1 unspecified atom stereocenters. The minimum Gasteiger partial charge on any atom is -0.328 e. The third kappa shape index (κ3) is 2.78. The van der Waals surface area contributed by atoms with Gasteiger partial charge in [-0.15, -0.1) is 0 Å². The smallest absolute Gasteiger partial charge is 0.248 e. The molecule has 2 rings (SSSR count). The van der Waals surface area contributed by atoms with Crippen LogP contribution in [0.4, 0.5) is 8.78 Å². The minimum atomic E-state index is -3.24. The molecule has 2 aliphatic rings. The van der Waals surface area contributed by atoms with Crippen LogP contribution in [0.1, 0.15) is 32.6 Å². The predicted octanol–water partition coefficient (Wildman–Crippen LogP) is 1.57.